The van der Waals surface area contributed by atoms with Crippen molar-refractivity contribution in [3.63, 3.8) is 0 Å². The van der Waals surface area contributed by atoms with E-state index >= 15 is 0 Å². The second-order valence-corrected chi connectivity index (χ2v) is 5.44. The van der Waals surface area contributed by atoms with Gasteiger partial charge in [-0.25, -0.2) is 0 Å². The number of halogens is 1. The molecule has 1 atom stereocenters. The summed E-state index contributed by atoms with van der Waals surface area (Å²) in [6.45, 7) is 2.11. The number of hydrogen-bond acceptors (Lipinski definition) is 1. The van der Waals surface area contributed by atoms with Crippen LogP contribution in [0.2, 0.25) is 0 Å². The Kier molecular flexibility index (Phi) is 4.64. The van der Waals surface area contributed by atoms with Crippen LogP contribution in [-0.2, 0) is 12.8 Å². The number of nitrogens with two attached hydrogens (primary N) is 1. The Hall–Kier alpha value is -1.57. The van der Waals surface area contributed by atoms with Crippen molar-refractivity contribution in [1.82, 2.24) is 0 Å². The SMILES string of the molecule is Cc1ccc(/C=C/c2ccc3c(c2)CC(N)C3)cc1.Cl. The Labute approximate surface area is 126 Å². The molecule has 0 radical (unpaired) electrons. The van der Waals surface area contributed by atoms with Gasteiger partial charge in [-0.05, 0) is 42.0 Å². The first-order valence-corrected chi connectivity index (χ1v) is 6.83. The molecule has 2 N–H and O–H groups in total. The molecule has 0 bridgehead atoms. The Bertz CT molecular complexity index is 614. The molecule has 0 spiro atoms. The van der Waals surface area contributed by atoms with Gasteiger partial charge in [0.25, 0.3) is 0 Å². The number of benzene rings is 2. The monoisotopic (exact) mass is 285 g/mol. The lowest BCUT2D eigenvalue weighted by atomic mass is 10.1. The van der Waals surface area contributed by atoms with E-state index in [4.69, 9.17) is 5.73 Å². The zero-order valence-corrected chi connectivity index (χ0v) is 12.5. The number of aryl methyl sites for hydroxylation is 1. The molecule has 20 heavy (non-hydrogen) atoms. The molecule has 0 saturated carbocycles. The Morgan fingerprint density at radius 1 is 0.900 bits per heavy atom. The van der Waals surface area contributed by atoms with Crippen LogP contribution >= 0.6 is 12.4 Å². The van der Waals surface area contributed by atoms with Crippen molar-refractivity contribution >= 4 is 24.6 Å². The highest BCUT2D eigenvalue weighted by Crippen LogP contribution is 2.23. The second kappa shape index (κ2) is 6.25. The molecule has 2 heteroatoms. The molecule has 0 amide bonds. The molecule has 1 nitrogen and oxygen atoms in total. The maximum absolute atomic E-state index is 6.00. The third-order valence-corrected chi connectivity index (χ3v) is 3.74. The van der Waals surface area contributed by atoms with Crippen molar-refractivity contribution in [2.75, 3.05) is 0 Å². The smallest absolute Gasteiger partial charge is 0.0120 e. The molecule has 104 valence electrons. The van der Waals surface area contributed by atoms with Crippen molar-refractivity contribution in [2.45, 2.75) is 25.8 Å². The molecule has 2 aromatic carbocycles. The van der Waals surface area contributed by atoms with Gasteiger partial charge >= 0.3 is 0 Å². The fourth-order valence-corrected chi connectivity index (χ4v) is 2.65. The predicted octanol–water partition coefficient (Wildman–Crippen LogP) is 4.01. The summed E-state index contributed by atoms with van der Waals surface area (Å²) in [5, 5.41) is 0. The molecule has 3 rings (SSSR count). The number of hydrogen-bond donors (Lipinski definition) is 1. The number of rotatable bonds is 2. The zero-order chi connectivity index (χ0) is 13.2. The second-order valence-electron chi connectivity index (χ2n) is 5.44. The van der Waals surface area contributed by atoms with E-state index < -0.39 is 0 Å². The Morgan fingerprint density at radius 2 is 1.50 bits per heavy atom. The standard InChI is InChI=1S/C18H19N.ClH/c1-13-2-4-14(5-3-13)6-7-15-8-9-16-11-18(19)12-17(16)10-15;/h2-10,18H,11-12,19H2,1H3;1H/b7-6+;. The fourth-order valence-electron chi connectivity index (χ4n) is 2.65. The van der Waals surface area contributed by atoms with E-state index in [0.717, 1.165) is 12.8 Å². The average Bonchev–Trinajstić information content (AvgIpc) is 2.77. The number of fused-ring (bicyclic) bond motifs is 1. The molecule has 1 aliphatic carbocycles. The highest BCUT2D eigenvalue weighted by Gasteiger charge is 2.17. The van der Waals surface area contributed by atoms with Crippen molar-refractivity contribution in [1.29, 1.82) is 0 Å². The van der Waals surface area contributed by atoms with Crippen molar-refractivity contribution < 1.29 is 0 Å². The van der Waals surface area contributed by atoms with E-state index in [-0.39, 0.29) is 12.4 Å². The molecule has 1 unspecified atom stereocenters. The van der Waals surface area contributed by atoms with Crippen LogP contribution in [0.3, 0.4) is 0 Å². The highest BCUT2D eigenvalue weighted by molar-refractivity contribution is 5.85. The summed E-state index contributed by atoms with van der Waals surface area (Å²) in [4.78, 5) is 0. The van der Waals surface area contributed by atoms with Crippen LogP contribution in [0, 0.1) is 6.92 Å². The molecule has 0 heterocycles. The van der Waals surface area contributed by atoms with E-state index in [1.807, 2.05) is 0 Å². The first kappa shape index (κ1) is 14.8. The summed E-state index contributed by atoms with van der Waals surface area (Å²) in [7, 11) is 0. The first-order valence-electron chi connectivity index (χ1n) is 6.83. The third-order valence-electron chi connectivity index (χ3n) is 3.74. The lowest BCUT2D eigenvalue weighted by molar-refractivity contribution is 0.721. The van der Waals surface area contributed by atoms with Gasteiger partial charge in [-0.15, -0.1) is 12.4 Å². The normalized spacial score (nSPS) is 17.0. The van der Waals surface area contributed by atoms with Gasteiger partial charge in [0, 0.05) is 6.04 Å². The van der Waals surface area contributed by atoms with Gasteiger partial charge in [-0.3, -0.25) is 0 Å². The van der Waals surface area contributed by atoms with Crippen molar-refractivity contribution in [3.8, 4) is 0 Å². The van der Waals surface area contributed by atoms with E-state index in [9.17, 15) is 0 Å². The fraction of sp³-hybridized carbons (Fsp3) is 0.222. The van der Waals surface area contributed by atoms with Crippen LogP contribution in [0.5, 0.6) is 0 Å². The van der Waals surface area contributed by atoms with E-state index in [1.165, 1.54) is 27.8 Å². The van der Waals surface area contributed by atoms with Gasteiger partial charge in [0.1, 0.15) is 0 Å². The lowest BCUT2D eigenvalue weighted by Crippen LogP contribution is -2.18. The van der Waals surface area contributed by atoms with Crippen molar-refractivity contribution in [3.05, 3.63) is 70.3 Å². The molecular weight excluding hydrogens is 266 g/mol. The quantitative estimate of drug-likeness (QED) is 0.829. The molecule has 0 aromatic heterocycles. The average molecular weight is 286 g/mol. The van der Waals surface area contributed by atoms with Crippen LogP contribution in [0.1, 0.15) is 27.8 Å². The molecule has 0 aliphatic heterocycles. The van der Waals surface area contributed by atoms with Crippen LogP contribution in [0.25, 0.3) is 12.2 Å². The van der Waals surface area contributed by atoms with Gasteiger partial charge in [0.05, 0.1) is 0 Å². The molecule has 0 fully saturated rings. The van der Waals surface area contributed by atoms with Gasteiger partial charge in [0.2, 0.25) is 0 Å². The van der Waals surface area contributed by atoms with Crippen LogP contribution < -0.4 is 5.73 Å². The van der Waals surface area contributed by atoms with Crippen molar-refractivity contribution in [2.24, 2.45) is 5.73 Å². The largest absolute Gasteiger partial charge is 0.327 e. The van der Waals surface area contributed by atoms with Gasteiger partial charge in [-0.1, -0.05) is 60.2 Å². The van der Waals surface area contributed by atoms with Crippen LogP contribution in [-0.4, -0.2) is 6.04 Å². The van der Waals surface area contributed by atoms with E-state index in [0.29, 0.717) is 6.04 Å². The summed E-state index contributed by atoms with van der Waals surface area (Å²) >= 11 is 0. The van der Waals surface area contributed by atoms with Gasteiger partial charge in [0.15, 0.2) is 0 Å². The van der Waals surface area contributed by atoms with E-state index in [1.54, 1.807) is 0 Å². The predicted molar refractivity (Wildman–Crippen MR) is 89.2 cm³/mol. The maximum atomic E-state index is 6.00. The van der Waals surface area contributed by atoms with E-state index in [2.05, 4.69) is 61.5 Å². The Morgan fingerprint density at radius 3 is 2.25 bits per heavy atom. The Balaban J connectivity index is 0.00000147. The van der Waals surface area contributed by atoms with Gasteiger partial charge in [-0.2, -0.15) is 0 Å². The molecule has 2 aromatic rings. The summed E-state index contributed by atoms with van der Waals surface area (Å²) in [5.41, 5.74) is 12.6. The molecule has 0 saturated heterocycles. The summed E-state index contributed by atoms with van der Waals surface area (Å²) < 4.78 is 0. The molecular formula is C18H20ClN. The summed E-state index contributed by atoms with van der Waals surface area (Å²) in [6, 6.07) is 15.6. The zero-order valence-electron chi connectivity index (χ0n) is 11.7. The minimum Gasteiger partial charge on any atom is -0.327 e. The minimum absolute atomic E-state index is 0. The minimum atomic E-state index is 0. The lowest BCUT2D eigenvalue weighted by Gasteiger charge is -2.00. The molecule has 1 aliphatic rings. The highest BCUT2D eigenvalue weighted by atomic mass is 35.5. The van der Waals surface area contributed by atoms with Crippen LogP contribution in [0.15, 0.2) is 42.5 Å². The van der Waals surface area contributed by atoms with Gasteiger partial charge < -0.3 is 5.73 Å². The summed E-state index contributed by atoms with van der Waals surface area (Å²) in [6.07, 6.45) is 6.38. The summed E-state index contributed by atoms with van der Waals surface area (Å²) in [5.74, 6) is 0. The van der Waals surface area contributed by atoms with Crippen LogP contribution in [0.4, 0.5) is 0 Å². The maximum Gasteiger partial charge on any atom is 0.0120 e. The topological polar surface area (TPSA) is 26.0 Å². The first-order chi connectivity index (χ1) is 9.20. The third kappa shape index (κ3) is 3.30.